The Morgan fingerprint density at radius 3 is 2.75 bits per heavy atom. The monoisotopic (exact) mass is 220 g/mol. The first-order valence-electron chi connectivity index (χ1n) is 6.14. The van der Waals surface area contributed by atoms with Gasteiger partial charge in [-0.1, -0.05) is 18.2 Å². The average Bonchev–Trinajstić information content (AvgIpc) is 2.30. The van der Waals surface area contributed by atoms with E-state index < -0.39 is 0 Å². The van der Waals surface area contributed by atoms with Crippen molar-refractivity contribution in [2.75, 3.05) is 6.61 Å². The van der Waals surface area contributed by atoms with Crippen molar-refractivity contribution in [2.24, 2.45) is 0 Å². The summed E-state index contributed by atoms with van der Waals surface area (Å²) in [7, 11) is 0. The summed E-state index contributed by atoms with van der Waals surface area (Å²) < 4.78 is 11.6. The minimum absolute atomic E-state index is 0.213. The lowest BCUT2D eigenvalue weighted by Gasteiger charge is -2.25. The van der Waals surface area contributed by atoms with E-state index in [0.717, 1.165) is 18.8 Å². The molecule has 1 aliphatic heterocycles. The maximum Gasteiger partial charge on any atom is 0.125 e. The fourth-order valence-electron chi connectivity index (χ4n) is 2.09. The fourth-order valence-corrected chi connectivity index (χ4v) is 2.09. The Balaban J connectivity index is 2.17. The summed E-state index contributed by atoms with van der Waals surface area (Å²) in [4.78, 5) is 0. The van der Waals surface area contributed by atoms with Crippen molar-refractivity contribution in [2.45, 2.75) is 45.3 Å². The van der Waals surface area contributed by atoms with Gasteiger partial charge in [0.05, 0.1) is 12.2 Å². The number of para-hydroxylation sites is 1. The van der Waals surface area contributed by atoms with Crippen LogP contribution >= 0.6 is 0 Å². The van der Waals surface area contributed by atoms with Crippen molar-refractivity contribution in [1.29, 1.82) is 0 Å². The van der Waals surface area contributed by atoms with Crippen molar-refractivity contribution in [3.8, 4) is 5.75 Å². The molecule has 2 rings (SSSR count). The molecule has 0 radical (unpaired) electrons. The molecule has 2 heteroatoms. The van der Waals surface area contributed by atoms with Crippen LogP contribution in [0.3, 0.4) is 0 Å². The van der Waals surface area contributed by atoms with Gasteiger partial charge in [-0.15, -0.1) is 0 Å². The second kappa shape index (κ2) is 5.35. The Kier molecular flexibility index (Phi) is 3.83. The highest BCUT2D eigenvalue weighted by molar-refractivity contribution is 5.35. The predicted molar refractivity (Wildman–Crippen MR) is 64.8 cm³/mol. The van der Waals surface area contributed by atoms with Gasteiger partial charge in [0.2, 0.25) is 0 Å². The maximum absolute atomic E-state index is 5.82. The molecule has 1 fully saturated rings. The molecule has 1 heterocycles. The number of benzene rings is 1. The van der Waals surface area contributed by atoms with E-state index in [1.54, 1.807) is 0 Å². The zero-order chi connectivity index (χ0) is 11.4. The molecule has 0 saturated carbocycles. The van der Waals surface area contributed by atoms with Crippen molar-refractivity contribution >= 4 is 0 Å². The van der Waals surface area contributed by atoms with E-state index in [9.17, 15) is 0 Å². The first kappa shape index (κ1) is 11.5. The van der Waals surface area contributed by atoms with Crippen LogP contribution in [0.2, 0.25) is 0 Å². The lowest BCUT2D eigenvalue weighted by molar-refractivity contribution is 0.0128. The maximum atomic E-state index is 5.82. The fraction of sp³-hybridized carbons (Fsp3) is 0.571. The van der Waals surface area contributed by atoms with Crippen LogP contribution in [-0.2, 0) is 4.74 Å². The second-order valence-electron chi connectivity index (χ2n) is 4.56. The molecule has 0 bridgehead atoms. The van der Waals surface area contributed by atoms with Gasteiger partial charge in [-0.2, -0.15) is 0 Å². The van der Waals surface area contributed by atoms with Gasteiger partial charge in [-0.25, -0.2) is 0 Å². The van der Waals surface area contributed by atoms with Crippen LogP contribution in [0.25, 0.3) is 0 Å². The number of hydrogen-bond donors (Lipinski definition) is 0. The van der Waals surface area contributed by atoms with E-state index in [1.807, 2.05) is 12.1 Å². The molecule has 16 heavy (non-hydrogen) atoms. The molecule has 0 aromatic heterocycles. The summed E-state index contributed by atoms with van der Waals surface area (Å²) in [5.74, 6) is 0.976. The number of rotatable bonds is 3. The van der Waals surface area contributed by atoms with Crippen LogP contribution in [0.1, 0.15) is 44.8 Å². The predicted octanol–water partition coefficient (Wildman–Crippen LogP) is 3.72. The first-order valence-corrected chi connectivity index (χ1v) is 6.14. The SMILES string of the molecule is CC(C)Oc1ccccc1C1CCCCO1. The Bertz CT molecular complexity index is 327. The Morgan fingerprint density at radius 1 is 1.25 bits per heavy atom. The third-order valence-electron chi connectivity index (χ3n) is 2.81. The summed E-state index contributed by atoms with van der Waals surface area (Å²) in [6.45, 7) is 4.98. The highest BCUT2D eigenvalue weighted by atomic mass is 16.5. The molecule has 2 nitrogen and oxygen atoms in total. The van der Waals surface area contributed by atoms with Gasteiger partial charge in [0.25, 0.3) is 0 Å². The Hall–Kier alpha value is -1.02. The van der Waals surface area contributed by atoms with Crippen LogP contribution < -0.4 is 4.74 Å². The summed E-state index contributed by atoms with van der Waals surface area (Å²) >= 11 is 0. The summed E-state index contributed by atoms with van der Waals surface area (Å²) in [5, 5.41) is 0. The van der Waals surface area contributed by atoms with Crippen LogP contribution in [0, 0.1) is 0 Å². The molecular weight excluding hydrogens is 200 g/mol. The molecular formula is C14H20O2. The summed E-state index contributed by atoms with van der Waals surface area (Å²) in [6.07, 6.45) is 3.98. The third-order valence-corrected chi connectivity index (χ3v) is 2.81. The normalized spacial score (nSPS) is 21.1. The summed E-state index contributed by atoms with van der Waals surface area (Å²) in [6, 6.07) is 8.23. The van der Waals surface area contributed by atoms with Gasteiger partial charge < -0.3 is 9.47 Å². The van der Waals surface area contributed by atoms with Crippen LogP contribution in [-0.4, -0.2) is 12.7 Å². The minimum Gasteiger partial charge on any atom is -0.491 e. The lowest BCUT2D eigenvalue weighted by atomic mass is 10.0. The molecule has 88 valence electrons. The molecule has 0 amide bonds. The molecule has 0 aliphatic carbocycles. The highest BCUT2D eigenvalue weighted by Crippen LogP contribution is 2.34. The van der Waals surface area contributed by atoms with Crippen molar-refractivity contribution < 1.29 is 9.47 Å². The van der Waals surface area contributed by atoms with E-state index in [-0.39, 0.29) is 12.2 Å². The zero-order valence-corrected chi connectivity index (χ0v) is 10.1. The van der Waals surface area contributed by atoms with Crippen LogP contribution in [0.15, 0.2) is 24.3 Å². The zero-order valence-electron chi connectivity index (χ0n) is 10.1. The van der Waals surface area contributed by atoms with Gasteiger partial charge in [0.1, 0.15) is 5.75 Å². The number of hydrogen-bond acceptors (Lipinski definition) is 2. The number of ether oxygens (including phenoxy) is 2. The van der Waals surface area contributed by atoms with Gasteiger partial charge in [0, 0.05) is 12.2 Å². The van der Waals surface area contributed by atoms with E-state index >= 15 is 0 Å². The van der Waals surface area contributed by atoms with Crippen molar-refractivity contribution in [1.82, 2.24) is 0 Å². The van der Waals surface area contributed by atoms with Crippen molar-refractivity contribution in [3.63, 3.8) is 0 Å². The minimum atomic E-state index is 0.213. The summed E-state index contributed by atoms with van der Waals surface area (Å²) in [5.41, 5.74) is 1.20. The van der Waals surface area contributed by atoms with Crippen molar-refractivity contribution in [3.05, 3.63) is 29.8 Å². The molecule has 0 N–H and O–H groups in total. The highest BCUT2D eigenvalue weighted by Gasteiger charge is 2.19. The van der Waals surface area contributed by atoms with Crippen LogP contribution in [0.4, 0.5) is 0 Å². The average molecular weight is 220 g/mol. The quantitative estimate of drug-likeness (QED) is 0.773. The third kappa shape index (κ3) is 2.76. The molecule has 1 aromatic rings. The molecule has 1 aliphatic rings. The van der Waals surface area contributed by atoms with E-state index in [0.29, 0.717) is 0 Å². The lowest BCUT2D eigenvalue weighted by Crippen LogP contribution is -2.14. The molecule has 0 spiro atoms. The van der Waals surface area contributed by atoms with E-state index in [1.165, 1.54) is 18.4 Å². The topological polar surface area (TPSA) is 18.5 Å². The van der Waals surface area contributed by atoms with E-state index in [2.05, 4.69) is 26.0 Å². The molecule has 1 aromatic carbocycles. The second-order valence-corrected chi connectivity index (χ2v) is 4.56. The molecule has 1 atom stereocenters. The van der Waals surface area contributed by atoms with E-state index in [4.69, 9.17) is 9.47 Å². The molecule has 1 saturated heterocycles. The van der Waals surface area contributed by atoms with Crippen LogP contribution in [0.5, 0.6) is 5.75 Å². The standard InChI is InChI=1S/C14H20O2/c1-11(2)16-14-9-4-3-7-12(14)13-8-5-6-10-15-13/h3-4,7,9,11,13H,5-6,8,10H2,1-2H3. The van der Waals surface area contributed by atoms with Gasteiger partial charge in [-0.05, 0) is 39.2 Å². The largest absolute Gasteiger partial charge is 0.491 e. The smallest absolute Gasteiger partial charge is 0.125 e. The Labute approximate surface area is 97.6 Å². The van der Waals surface area contributed by atoms with Gasteiger partial charge in [-0.3, -0.25) is 0 Å². The van der Waals surface area contributed by atoms with Gasteiger partial charge >= 0.3 is 0 Å². The Morgan fingerprint density at radius 2 is 2.06 bits per heavy atom. The van der Waals surface area contributed by atoms with Gasteiger partial charge in [0.15, 0.2) is 0 Å². The molecule has 1 unspecified atom stereocenters. The first-order chi connectivity index (χ1) is 7.77.